The maximum absolute atomic E-state index is 14.9. The number of rotatable bonds is 12. The maximum atomic E-state index is 14.9. The molecule has 3 heterocycles. The first kappa shape index (κ1) is 40.2. The van der Waals surface area contributed by atoms with Crippen LogP contribution >= 0.6 is 11.6 Å². The van der Waals surface area contributed by atoms with Crippen molar-refractivity contribution in [2.75, 3.05) is 31.5 Å². The number of pyridine rings is 1. The standard InChI is InChI=1S/C39H42ClFN4.C4H9N.C3H8/c1-4-8-26(3)19-21-45(20-5-2)39(27-11-12-27)28-13-16-31(17-14-28)44-37-23-34-29(24-42-37)25-43-38(33-9-6-7-10-36(33)41)35-22-30(40)15-18-32(34)35;1-2-4-5-3-1;1-3-2/h6-7,9-10,13-18,22-24,26H,4-5,8,11-12,19-21,25H2,1-3H3,(H,42,44);5H,1-4H2;3H2,1-2H3. The number of halogens is 2. The summed E-state index contributed by atoms with van der Waals surface area (Å²) in [5.41, 5.74) is 10.1. The van der Waals surface area contributed by atoms with Crippen LogP contribution in [0.15, 0.2) is 89.6 Å². The Bertz CT molecular complexity index is 1810. The van der Waals surface area contributed by atoms with Crippen LogP contribution in [0.3, 0.4) is 0 Å². The van der Waals surface area contributed by atoms with Crippen LogP contribution in [0.5, 0.6) is 0 Å². The predicted octanol–water partition coefficient (Wildman–Crippen LogP) is 12.5. The first-order chi connectivity index (χ1) is 25.9. The smallest absolute Gasteiger partial charge is 0.132 e. The molecule has 4 aromatic rings. The van der Waals surface area contributed by atoms with Crippen molar-refractivity contribution in [2.24, 2.45) is 10.9 Å². The van der Waals surface area contributed by atoms with Crippen LogP contribution < -0.4 is 10.6 Å². The molecule has 1 unspecified atom stereocenters. The number of anilines is 2. The Kier molecular flexibility index (Phi) is 15.5. The highest BCUT2D eigenvalue weighted by Crippen LogP contribution is 2.40. The Morgan fingerprint density at radius 1 is 0.849 bits per heavy atom. The van der Waals surface area contributed by atoms with Crippen LogP contribution in [0.1, 0.15) is 115 Å². The predicted molar refractivity (Wildman–Crippen MR) is 225 cm³/mol. The fourth-order valence-electron chi connectivity index (χ4n) is 7.02. The summed E-state index contributed by atoms with van der Waals surface area (Å²) in [6.45, 7) is 16.3. The van der Waals surface area contributed by atoms with E-state index >= 15 is 0 Å². The van der Waals surface area contributed by atoms with Crippen molar-refractivity contribution in [3.63, 3.8) is 0 Å². The minimum absolute atomic E-state index is 0.304. The lowest BCUT2D eigenvalue weighted by Crippen LogP contribution is -2.26. The zero-order chi connectivity index (χ0) is 37.6. The summed E-state index contributed by atoms with van der Waals surface area (Å²) in [5, 5.41) is 7.33. The van der Waals surface area contributed by atoms with Gasteiger partial charge in [-0.3, -0.25) is 4.99 Å². The molecule has 1 aromatic heterocycles. The maximum Gasteiger partial charge on any atom is 0.132 e. The first-order valence-corrected chi connectivity index (χ1v) is 20.4. The van der Waals surface area contributed by atoms with E-state index in [0.717, 1.165) is 59.2 Å². The van der Waals surface area contributed by atoms with E-state index in [-0.39, 0.29) is 5.82 Å². The molecule has 7 heteroatoms. The lowest BCUT2D eigenvalue weighted by molar-refractivity contribution is 0.345. The fraction of sp³-hybridized carbons (Fsp3) is 0.435. The molecule has 1 aliphatic carbocycles. The second kappa shape index (κ2) is 20.5. The zero-order valence-corrected chi connectivity index (χ0v) is 33.3. The third-order valence-electron chi connectivity index (χ3n) is 9.76. The van der Waals surface area contributed by atoms with Crippen molar-refractivity contribution >= 4 is 34.5 Å². The summed E-state index contributed by atoms with van der Waals surface area (Å²) in [6, 6.07) is 23.4. The number of fused-ring (bicyclic) bond motifs is 3. The molecular formula is C46H59ClFN5. The zero-order valence-electron chi connectivity index (χ0n) is 32.6. The van der Waals surface area contributed by atoms with Crippen molar-refractivity contribution in [1.82, 2.24) is 15.2 Å². The number of hydrogen-bond donors (Lipinski definition) is 2. The Morgan fingerprint density at radius 2 is 1.58 bits per heavy atom. The van der Waals surface area contributed by atoms with Crippen LogP contribution in [-0.2, 0) is 6.54 Å². The van der Waals surface area contributed by atoms with E-state index in [2.05, 4.69) is 80.5 Å². The quantitative estimate of drug-likeness (QED) is 0.152. The molecule has 2 N–H and O–H groups in total. The molecule has 3 aromatic carbocycles. The van der Waals surface area contributed by atoms with Crippen molar-refractivity contribution in [3.05, 3.63) is 118 Å². The van der Waals surface area contributed by atoms with Crippen molar-refractivity contribution in [3.8, 4) is 11.1 Å². The lowest BCUT2D eigenvalue weighted by atomic mass is 9.92. The van der Waals surface area contributed by atoms with Crippen molar-refractivity contribution in [2.45, 2.75) is 99.0 Å². The Balaban J connectivity index is 0.000000607. The van der Waals surface area contributed by atoms with Gasteiger partial charge >= 0.3 is 0 Å². The van der Waals surface area contributed by atoms with Crippen molar-refractivity contribution < 1.29 is 4.39 Å². The SMILES string of the molecule is C1CCNC1.CCC.CCCC(C)CCN(CCC)C(=C1CC1)c1ccc(Nc2cc3c(cn2)CN=C(c2ccccc2F)c2cc(Cl)ccc2-3)cc1. The number of nitrogens with one attached hydrogen (secondary N) is 2. The minimum Gasteiger partial charge on any atom is -0.371 e. The largest absolute Gasteiger partial charge is 0.371 e. The average Bonchev–Trinajstić information content (AvgIpc) is 3.83. The molecule has 53 heavy (non-hydrogen) atoms. The fourth-order valence-corrected chi connectivity index (χ4v) is 7.19. The molecular weight excluding hydrogens is 677 g/mol. The third-order valence-corrected chi connectivity index (χ3v) is 9.99. The Morgan fingerprint density at radius 3 is 2.23 bits per heavy atom. The van der Waals surface area contributed by atoms with Crippen molar-refractivity contribution in [1.29, 1.82) is 0 Å². The second-order valence-electron chi connectivity index (χ2n) is 14.5. The van der Waals surface area contributed by atoms with E-state index < -0.39 is 0 Å². The summed E-state index contributed by atoms with van der Waals surface area (Å²) in [6.07, 6.45) is 13.2. The molecule has 1 atom stereocenters. The highest BCUT2D eigenvalue weighted by atomic mass is 35.5. The molecule has 7 rings (SSSR count). The van der Waals surface area contributed by atoms with Gasteiger partial charge in [0, 0.05) is 46.8 Å². The van der Waals surface area contributed by atoms with Gasteiger partial charge in [-0.25, -0.2) is 9.37 Å². The molecule has 3 aliphatic rings. The van der Waals surface area contributed by atoms with E-state index in [9.17, 15) is 4.39 Å². The van der Waals surface area contributed by atoms with Crippen LogP contribution in [0.2, 0.25) is 5.02 Å². The molecule has 1 saturated carbocycles. The average molecular weight is 736 g/mol. The molecule has 282 valence electrons. The van der Waals surface area contributed by atoms with Gasteiger partial charge in [0.25, 0.3) is 0 Å². The number of nitrogens with zero attached hydrogens (tertiary/aromatic N) is 3. The van der Waals surface area contributed by atoms with Crippen LogP contribution in [0, 0.1) is 11.7 Å². The molecule has 0 radical (unpaired) electrons. The number of aliphatic imine (C=N–C) groups is 1. The summed E-state index contributed by atoms with van der Waals surface area (Å²) in [7, 11) is 0. The van der Waals surface area contributed by atoms with E-state index in [1.54, 1.807) is 17.7 Å². The monoisotopic (exact) mass is 735 g/mol. The van der Waals surface area contributed by atoms with Crippen LogP contribution in [0.4, 0.5) is 15.9 Å². The van der Waals surface area contributed by atoms with Gasteiger partial charge < -0.3 is 15.5 Å². The number of allylic oxidation sites excluding steroid dienone is 1. The molecule has 0 bridgehead atoms. The second-order valence-corrected chi connectivity index (χ2v) is 15.0. The van der Waals surface area contributed by atoms with Gasteiger partial charge in [0.15, 0.2) is 0 Å². The normalized spacial score (nSPS) is 14.6. The van der Waals surface area contributed by atoms with E-state index in [1.165, 1.54) is 81.8 Å². The van der Waals surface area contributed by atoms with Gasteiger partial charge in [-0.15, -0.1) is 0 Å². The molecule has 2 aliphatic heterocycles. The van der Waals surface area contributed by atoms with Gasteiger partial charge in [-0.2, -0.15) is 0 Å². The Hall–Kier alpha value is -4.00. The van der Waals surface area contributed by atoms with Crippen LogP contribution in [-0.4, -0.2) is 41.8 Å². The highest BCUT2D eigenvalue weighted by Gasteiger charge is 2.25. The summed E-state index contributed by atoms with van der Waals surface area (Å²) in [4.78, 5) is 12.2. The molecule has 0 amide bonds. The van der Waals surface area contributed by atoms with E-state index in [0.29, 0.717) is 22.8 Å². The van der Waals surface area contributed by atoms with Gasteiger partial charge in [-0.1, -0.05) is 95.8 Å². The first-order valence-electron chi connectivity index (χ1n) is 20.0. The molecule has 5 nitrogen and oxygen atoms in total. The van der Waals surface area contributed by atoms with E-state index in [4.69, 9.17) is 21.6 Å². The lowest BCUT2D eigenvalue weighted by Gasteiger charge is -2.29. The molecule has 2 fully saturated rings. The topological polar surface area (TPSA) is 52.5 Å². The number of aromatic nitrogens is 1. The number of benzene rings is 3. The number of hydrogen-bond acceptors (Lipinski definition) is 5. The highest BCUT2D eigenvalue weighted by molar-refractivity contribution is 6.31. The van der Waals surface area contributed by atoms with Gasteiger partial charge in [0.05, 0.1) is 12.3 Å². The molecule has 1 saturated heterocycles. The van der Waals surface area contributed by atoms with Gasteiger partial charge in [0.2, 0.25) is 0 Å². The Labute approximate surface area is 323 Å². The third kappa shape index (κ3) is 11.3. The summed E-state index contributed by atoms with van der Waals surface area (Å²) >= 11 is 6.45. The van der Waals surface area contributed by atoms with Gasteiger partial charge in [-0.05, 0) is 128 Å². The minimum atomic E-state index is -0.304. The summed E-state index contributed by atoms with van der Waals surface area (Å²) < 4.78 is 14.9. The van der Waals surface area contributed by atoms with Gasteiger partial charge in [0.1, 0.15) is 11.6 Å². The van der Waals surface area contributed by atoms with Crippen LogP contribution in [0.25, 0.3) is 16.8 Å². The summed E-state index contributed by atoms with van der Waals surface area (Å²) in [5.74, 6) is 1.19. The molecule has 0 spiro atoms. The van der Waals surface area contributed by atoms with E-state index in [1.807, 2.05) is 30.5 Å².